The van der Waals surface area contributed by atoms with Gasteiger partial charge in [-0.15, -0.1) is 0 Å². The third-order valence-corrected chi connectivity index (χ3v) is 13.7. The summed E-state index contributed by atoms with van der Waals surface area (Å²) in [6.45, 7) is 4.65. The average Bonchev–Trinajstić information content (AvgIpc) is 3.40. The molecule has 9 heteroatoms. The quantitative estimate of drug-likeness (QED) is 0.0243. The van der Waals surface area contributed by atoms with E-state index in [4.69, 9.17) is 9.05 Å². The molecule has 8 nitrogen and oxygen atoms in total. The van der Waals surface area contributed by atoms with E-state index in [1.54, 1.807) is 6.08 Å². The van der Waals surface area contributed by atoms with Gasteiger partial charge in [0.2, 0.25) is 5.91 Å². The van der Waals surface area contributed by atoms with Crippen LogP contribution < -0.4 is 5.32 Å². The number of unbranched alkanes of at least 4 members (excludes halogenated alkanes) is 17. The number of allylic oxidation sites excluding steroid dienone is 25. The number of nitrogens with zero attached hydrogens (tertiary/aromatic N) is 1. The molecule has 0 heterocycles. The van der Waals surface area contributed by atoms with Crippen LogP contribution in [0.2, 0.25) is 0 Å². The Kier molecular flexibility index (Phi) is 54.9. The van der Waals surface area contributed by atoms with Gasteiger partial charge >= 0.3 is 7.82 Å². The normalized spacial score (nSPS) is 14.9. The van der Waals surface area contributed by atoms with Crippen LogP contribution in [0.4, 0.5) is 0 Å². The van der Waals surface area contributed by atoms with Crippen LogP contribution in [-0.4, -0.2) is 73.4 Å². The number of phosphoric ester groups is 1. The molecule has 0 rings (SSSR count). The Balaban J connectivity index is 4.28. The number of rotatable bonds is 54. The summed E-state index contributed by atoms with van der Waals surface area (Å²) >= 11 is 0. The Morgan fingerprint density at radius 3 is 1.13 bits per heavy atom. The number of quaternary nitrogens is 1. The van der Waals surface area contributed by atoms with Crippen LogP contribution in [0.1, 0.15) is 219 Å². The number of aliphatic hydroxyl groups excluding tert-OH is 1. The van der Waals surface area contributed by atoms with Gasteiger partial charge in [0.1, 0.15) is 13.2 Å². The maximum atomic E-state index is 13.0. The topological polar surface area (TPSA) is 105 Å². The van der Waals surface area contributed by atoms with Crippen molar-refractivity contribution >= 4 is 13.7 Å². The van der Waals surface area contributed by atoms with Gasteiger partial charge in [-0.05, 0) is 109 Å². The first-order valence-corrected chi connectivity index (χ1v) is 32.4. The second-order valence-corrected chi connectivity index (χ2v) is 22.8. The third-order valence-electron chi connectivity index (χ3n) is 12.8. The minimum Gasteiger partial charge on any atom is -0.387 e. The monoisotopic (exact) mass is 1100 g/mol. The van der Waals surface area contributed by atoms with Crippen molar-refractivity contribution in [3.05, 3.63) is 158 Å². The van der Waals surface area contributed by atoms with Crippen LogP contribution in [0.25, 0.3) is 0 Å². The van der Waals surface area contributed by atoms with E-state index in [0.717, 1.165) is 109 Å². The molecule has 3 atom stereocenters. The van der Waals surface area contributed by atoms with Gasteiger partial charge in [0, 0.05) is 6.42 Å². The summed E-state index contributed by atoms with van der Waals surface area (Å²) in [5.74, 6) is -0.225. The maximum Gasteiger partial charge on any atom is 0.472 e. The summed E-state index contributed by atoms with van der Waals surface area (Å²) in [7, 11) is 1.52. The number of carbonyl (C=O) groups is 1. The molecule has 0 aliphatic rings. The van der Waals surface area contributed by atoms with E-state index in [-0.39, 0.29) is 19.1 Å². The Bertz CT molecular complexity index is 1820. The van der Waals surface area contributed by atoms with Crippen molar-refractivity contribution in [3.8, 4) is 0 Å². The van der Waals surface area contributed by atoms with Crippen molar-refractivity contribution in [1.29, 1.82) is 0 Å². The number of hydrogen-bond acceptors (Lipinski definition) is 5. The van der Waals surface area contributed by atoms with Crippen molar-refractivity contribution in [3.63, 3.8) is 0 Å². The molecule has 78 heavy (non-hydrogen) atoms. The Hall–Kier alpha value is -3.88. The first kappa shape index (κ1) is 74.1. The number of carbonyl (C=O) groups excluding carboxylic acids is 1. The summed E-state index contributed by atoms with van der Waals surface area (Å²) in [5.41, 5.74) is 0. The smallest absolute Gasteiger partial charge is 0.387 e. The predicted octanol–water partition coefficient (Wildman–Crippen LogP) is 19.4. The molecule has 0 aliphatic heterocycles. The highest BCUT2D eigenvalue weighted by atomic mass is 31.2. The zero-order valence-corrected chi connectivity index (χ0v) is 51.2. The lowest BCUT2D eigenvalue weighted by atomic mass is 10.0. The third kappa shape index (κ3) is 59.8. The first-order chi connectivity index (χ1) is 38.0. The summed E-state index contributed by atoms with van der Waals surface area (Å²) < 4.78 is 23.7. The molecule has 442 valence electrons. The summed E-state index contributed by atoms with van der Waals surface area (Å²) in [6.07, 6.45) is 90.7. The minimum absolute atomic E-state index is 0.0445. The summed E-state index contributed by atoms with van der Waals surface area (Å²) in [4.78, 5) is 23.3. The average molecular weight is 1100 g/mol. The molecular formula is C69H116N2O6P+. The molecule has 0 aromatic carbocycles. The van der Waals surface area contributed by atoms with Gasteiger partial charge in [-0.3, -0.25) is 13.8 Å². The number of phosphoric acid groups is 1. The molecule has 0 saturated heterocycles. The zero-order chi connectivity index (χ0) is 57.0. The van der Waals surface area contributed by atoms with E-state index < -0.39 is 20.0 Å². The highest BCUT2D eigenvalue weighted by Gasteiger charge is 2.27. The van der Waals surface area contributed by atoms with Crippen molar-refractivity contribution in [2.24, 2.45) is 0 Å². The lowest BCUT2D eigenvalue weighted by Crippen LogP contribution is -2.45. The van der Waals surface area contributed by atoms with Gasteiger partial charge < -0.3 is 19.8 Å². The second kappa shape index (κ2) is 57.8. The van der Waals surface area contributed by atoms with Crippen LogP contribution in [-0.2, 0) is 18.4 Å². The highest BCUT2D eigenvalue weighted by molar-refractivity contribution is 7.47. The Morgan fingerprint density at radius 2 is 0.769 bits per heavy atom. The predicted molar refractivity (Wildman–Crippen MR) is 340 cm³/mol. The van der Waals surface area contributed by atoms with E-state index in [0.29, 0.717) is 23.9 Å². The van der Waals surface area contributed by atoms with Gasteiger partial charge in [-0.25, -0.2) is 4.57 Å². The molecule has 0 radical (unpaired) electrons. The van der Waals surface area contributed by atoms with Gasteiger partial charge in [-0.2, -0.15) is 0 Å². The zero-order valence-electron chi connectivity index (χ0n) is 50.3. The highest BCUT2D eigenvalue weighted by Crippen LogP contribution is 2.43. The van der Waals surface area contributed by atoms with Crippen LogP contribution >= 0.6 is 7.82 Å². The molecule has 0 aliphatic carbocycles. The molecular weight excluding hydrogens is 984 g/mol. The van der Waals surface area contributed by atoms with Gasteiger partial charge in [0.15, 0.2) is 0 Å². The van der Waals surface area contributed by atoms with Crippen molar-refractivity contribution in [2.45, 2.75) is 231 Å². The molecule has 0 saturated carbocycles. The molecule has 0 aromatic heterocycles. The van der Waals surface area contributed by atoms with Crippen LogP contribution in [0.3, 0.4) is 0 Å². The fourth-order valence-electron chi connectivity index (χ4n) is 7.96. The largest absolute Gasteiger partial charge is 0.472 e. The SMILES string of the molecule is CC/C=C\C/C=C\C/C=C\C/C=C\C/C=C\C/C=C\C/C=C\C/C=C\C/C=C\C/C=C\C/C=C\C/C=C\CCCCC(=O)NC(COP(=O)(O)OCC[N+](C)(C)C)C(O)/C=C/CCCCCCCCCCCCCCCCC. The first-order valence-electron chi connectivity index (χ1n) is 30.9. The van der Waals surface area contributed by atoms with Crippen LogP contribution in [0.5, 0.6) is 0 Å². The molecule has 3 N–H and O–H groups in total. The summed E-state index contributed by atoms with van der Waals surface area (Å²) in [5, 5.41) is 13.9. The van der Waals surface area contributed by atoms with E-state index >= 15 is 0 Å². The van der Waals surface area contributed by atoms with Gasteiger partial charge in [0.25, 0.3) is 0 Å². The number of hydrogen-bond donors (Lipinski definition) is 3. The Labute approximate surface area is 480 Å². The van der Waals surface area contributed by atoms with E-state index in [1.807, 2.05) is 27.2 Å². The minimum atomic E-state index is -4.37. The standard InChI is InChI=1S/C69H115N2O6P/c1-6-8-10-12-14-16-18-20-22-24-25-26-27-28-29-30-31-32-33-34-35-36-37-38-39-40-41-42-43-44-45-47-49-51-53-55-57-59-61-63-69(73)70-67(66-77-78(74,75)76-65-64-71(3,4)5)68(72)62-60-58-56-54-52-50-48-46-23-21-19-17-15-13-11-9-7-2/h8,10,14,16,20,22,25-26,28-29,31-32,34-35,37-38,40-41,43-44,47,49,53,55,60,62,67-68,72H,6-7,9,11-13,15,17-19,21,23-24,27,30,33,36,39,42,45-46,48,50-52,54,56-59,61,63-66H2,1-5H3,(H-,70,73,74,75)/p+1/b10-8-,16-14-,22-20-,26-25-,29-28-,32-31-,35-34-,38-37-,41-40-,44-43-,49-47-,55-53-,62-60+. The van der Waals surface area contributed by atoms with Crippen LogP contribution in [0, 0.1) is 0 Å². The number of nitrogens with one attached hydrogen (secondary N) is 1. The molecule has 0 fully saturated rings. The van der Waals surface area contributed by atoms with Crippen molar-refractivity contribution in [2.75, 3.05) is 40.9 Å². The Morgan fingerprint density at radius 1 is 0.449 bits per heavy atom. The fourth-order valence-corrected chi connectivity index (χ4v) is 8.70. The number of amides is 1. The number of likely N-dealkylation sites (N-methyl/N-ethyl adjacent to an activating group) is 1. The molecule has 0 spiro atoms. The fraction of sp³-hybridized carbons (Fsp3) is 0.609. The maximum absolute atomic E-state index is 13.0. The molecule has 0 aromatic rings. The van der Waals surface area contributed by atoms with Gasteiger partial charge in [0.05, 0.1) is 39.9 Å². The van der Waals surface area contributed by atoms with E-state index in [1.165, 1.54) is 83.5 Å². The van der Waals surface area contributed by atoms with Gasteiger partial charge in [-0.1, -0.05) is 262 Å². The van der Waals surface area contributed by atoms with Crippen molar-refractivity contribution in [1.82, 2.24) is 5.32 Å². The molecule has 0 bridgehead atoms. The lowest BCUT2D eigenvalue weighted by molar-refractivity contribution is -0.870. The lowest BCUT2D eigenvalue weighted by Gasteiger charge is -2.25. The molecule has 1 amide bonds. The van der Waals surface area contributed by atoms with Crippen molar-refractivity contribution < 1.29 is 32.9 Å². The molecule has 3 unspecified atom stereocenters. The van der Waals surface area contributed by atoms with E-state index in [9.17, 15) is 19.4 Å². The number of aliphatic hydroxyl groups is 1. The summed E-state index contributed by atoms with van der Waals surface area (Å²) in [6, 6.07) is -0.882. The van der Waals surface area contributed by atoms with E-state index in [2.05, 4.69) is 165 Å². The van der Waals surface area contributed by atoms with Crippen LogP contribution in [0.15, 0.2) is 158 Å². The second-order valence-electron chi connectivity index (χ2n) is 21.3.